The summed E-state index contributed by atoms with van der Waals surface area (Å²) in [4.78, 5) is 2.39. The molecule has 1 saturated heterocycles. The first kappa shape index (κ1) is 12.1. The van der Waals surface area contributed by atoms with Crippen molar-refractivity contribution in [2.75, 3.05) is 13.1 Å². The second-order valence-electron chi connectivity index (χ2n) is 4.73. The van der Waals surface area contributed by atoms with E-state index in [0.717, 1.165) is 24.4 Å². The van der Waals surface area contributed by atoms with Crippen molar-refractivity contribution >= 4 is 5.71 Å². The van der Waals surface area contributed by atoms with Crippen LogP contribution in [0.15, 0.2) is 35.5 Å². The minimum Gasteiger partial charge on any atom is -0.411 e. The van der Waals surface area contributed by atoms with Crippen molar-refractivity contribution in [3.8, 4) is 0 Å². The fourth-order valence-corrected chi connectivity index (χ4v) is 2.40. The van der Waals surface area contributed by atoms with Gasteiger partial charge in [0.15, 0.2) is 0 Å². The number of hydrogen-bond acceptors (Lipinski definition) is 3. The molecule has 0 radical (unpaired) electrons. The van der Waals surface area contributed by atoms with Gasteiger partial charge in [-0.25, -0.2) is 0 Å². The standard InChI is InChI=1S/C14H20N2O/c1-12-7-5-6-10-16(12)11-14(15-17)13-8-3-2-4-9-13/h2-4,8-9,12,17H,5-7,10-11H2,1H3/b15-14-. The fraction of sp³-hybridized carbons (Fsp3) is 0.500. The molecule has 0 aliphatic carbocycles. The Labute approximate surface area is 103 Å². The normalized spacial score (nSPS) is 22.6. The lowest BCUT2D eigenvalue weighted by molar-refractivity contribution is 0.182. The number of likely N-dealkylation sites (tertiary alicyclic amines) is 1. The molecular weight excluding hydrogens is 212 g/mol. The van der Waals surface area contributed by atoms with E-state index in [0.29, 0.717) is 6.04 Å². The van der Waals surface area contributed by atoms with Crippen molar-refractivity contribution in [3.63, 3.8) is 0 Å². The van der Waals surface area contributed by atoms with Crippen LogP contribution in [0, 0.1) is 0 Å². The molecule has 1 aromatic carbocycles. The van der Waals surface area contributed by atoms with Gasteiger partial charge in [0.2, 0.25) is 0 Å². The molecule has 0 saturated carbocycles. The van der Waals surface area contributed by atoms with Gasteiger partial charge in [-0.3, -0.25) is 4.90 Å². The van der Waals surface area contributed by atoms with E-state index in [9.17, 15) is 0 Å². The molecule has 3 heteroatoms. The zero-order valence-electron chi connectivity index (χ0n) is 10.3. The Balaban J connectivity index is 2.05. The lowest BCUT2D eigenvalue weighted by atomic mass is 10.0. The van der Waals surface area contributed by atoms with E-state index in [1.54, 1.807) is 0 Å². The molecule has 3 nitrogen and oxygen atoms in total. The van der Waals surface area contributed by atoms with Gasteiger partial charge in [0.25, 0.3) is 0 Å². The third-order valence-electron chi connectivity index (χ3n) is 3.52. The highest BCUT2D eigenvalue weighted by atomic mass is 16.4. The largest absolute Gasteiger partial charge is 0.411 e. The average Bonchev–Trinajstić information content (AvgIpc) is 2.39. The van der Waals surface area contributed by atoms with Gasteiger partial charge in [0, 0.05) is 18.2 Å². The van der Waals surface area contributed by atoms with Gasteiger partial charge < -0.3 is 5.21 Å². The highest BCUT2D eigenvalue weighted by Crippen LogP contribution is 2.17. The Hall–Kier alpha value is -1.35. The van der Waals surface area contributed by atoms with E-state index in [4.69, 9.17) is 5.21 Å². The number of nitrogens with zero attached hydrogens (tertiary/aromatic N) is 2. The molecule has 1 unspecified atom stereocenters. The van der Waals surface area contributed by atoms with Crippen molar-refractivity contribution in [2.24, 2.45) is 5.16 Å². The molecule has 1 fully saturated rings. The number of piperidine rings is 1. The lowest BCUT2D eigenvalue weighted by Crippen LogP contribution is -2.41. The summed E-state index contributed by atoms with van der Waals surface area (Å²) in [5.74, 6) is 0. The summed E-state index contributed by atoms with van der Waals surface area (Å²) >= 11 is 0. The van der Waals surface area contributed by atoms with Crippen molar-refractivity contribution in [2.45, 2.75) is 32.2 Å². The number of oxime groups is 1. The summed E-state index contributed by atoms with van der Waals surface area (Å²) in [6.07, 6.45) is 3.81. The number of hydrogen-bond donors (Lipinski definition) is 1. The third-order valence-corrected chi connectivity index (χ3v) is 3.52. The Morgan fingerprint density at radius 2 is 2.12 bits per heavy atom. The first-order chi connectivity index (χ1) is 8.31. The Bertz CT molecular complexity index is 375. The quantitative estimate of drug-likeness (QED) is 0.494. The zero-order valence-corrected chi connectivity index (χ0v) is 10.3. The van der Waals surface area contributed by atoms with Crippen LogP contribution in [0.2, 0.25) is 0 Å². The van der Waals surface area contributed by atoms with Crippen LogP contribution >= 0.6 is 0 Å². The van der Waals surface area contributed by atoms with Gasteiger partial charge in [-0.15, -0.1) is 0 Å². The van der Waals surface area contributed by atoms with Crippen molar-refractivity contribution in [1.29, 1.82) is 0 Å². The van der Waals surface area contributed by atoms with E-state index in [1.807, 2.05) is 30.3 Å². The van der Waals surface area contributed by atoms with Crippen LogP contribution in [0.25, 0.3) is 0 Å². The number of rotatable bonds is 3. The van der Waals surface area contributed by atoms with Crippen LogP contribution in [-0.4, -0.2) is 35.0 Å². The van der Waals surface area contributed by atoms with Crippen LogP contribution in [0.4, 0.5) is 0 Å². The minimum absolute atomic E-state index is 0.587. The summed E-state index contributed by atoms with van der Waals surface area (Å²) in [6, 6.07) is 10.5. The average molecular weight is 232 g/mol. The van der Waals surface area contributed by atoms with Gasteiger partial charge in [-0.1, -0.05) is 41.9 Å². The van der Waals surface area contributed by atoms with E-state index in [2.05, 4.69) is 17.0 Å². The highest BCUT2D eigenvalue weighted by molar-refractivity contribution is 6.01. The Morgan fingerprint density at radius 1 is 1.35 bits per heavy atom. The fourth-order valence-electron chi connectivity index (χ4n) is 2.40. The smallest absolute Gasteiger partial charge is 0.101 e. The maximum absolute atomic E-state index is 9.16. The molecular formula is C14H20N2O. The molecule has 0 spiro atoms. The number of benzene rings is 1. The summed E-state index contributed by atoms with van der Waals surface area (Å²) in [6.45, 7) is 4.09. The molecule has 1 aliphatic heterocycles. The summed E-state index contributed by atoms with van der Waals surface area (Å²) < 4.78 is 0. The van der Waals surface area contributed by atoms with Gasteiger partial charge >= 0.3 is 0 Å². The maximum atomic E-state index is 9.16. The minimum atomic E-state index is 0.587. The summed E-state index contributed by atoms with van der Waals surface area (Å²) in [5.41, 5.74) is 1.77. The predicted octanol–water partition coefficient (Wildman–Crippen LogP) is 2.74. The molecule has 0 amide bonds. The summed E-state index contributed by atoms with van der Waals surface area (Å²) in [7, 11) is 0. The van der Waals surface area contributed by atoms with Crippen molar-refractivity contribution < 1.29 is 5.21 Å². The first-order valence-corrected chi connectivity index (χ1v) is 6.31. The molecule has 1 heterocycles. The molecule has 0 bridgehead atoms. The van der Waals surface area contributed by atoms with E-state index in [1.165, 1.54) is 19.3 Å². The SMILES string of the molecule is CC1CCCCN1C/C(=N/O)c1ccccc1. The van der Waals surface area contributed by atoms with Crippen LogP contribution < -0.4 is 0 Å². The van der Waals surface area contributed by atoms with Crippen LogP contribution in [0.1, 0.15) is 31.7 Å². The topological polar surface area (TPSA) is 35.8 Å². The molecule has 17 heavy (non-hydrogen) atoms. The molecule has 1 atom stereocenters. The molecule has 1 aromatic rings. The second kappa shape index (κ2) is 5.82. The molecule has 1 N–H and O–H groups in total. The second-order valence-corrected chi connectivity index (χ2v) is 4.73. The molecule has 1 aliphatic rings. The van der Waals surface area contributed by atoms with Crippen LogP contribution in [0.3, 0.4) is 0 Å². The van der Waals surface area contributed by atoms with E-state index >= 15 is 0 Å². The van der Waals surface area contributed by atoms with Gasteiger partial charge in [0.05, 0.1) is 0 Å². The zero-order chi connectivity index (χ0) is 12.1. The van der Waals surface area contributed by atoms with Crippen molar-refractivity contribution in [1.82, 2.24) is 4.90 Å². The van der Waals surface area contributed by atoms with Gasteiger partial charge in [-0.05, 0) is 26.3 Å². The highest BCUT2D eigenvalue weighted by Gasteiger charge is 2.20. The predicted molar refractivity (Wildman–Crippen MR) is 69.7 cm³/mol. The monoisotopic (exact) mass is 232 g/mol. The lowest BCUT2D eigenvalue weighted by Gasteiger charge is -2.33. The van der Waals surface area contributed by atoms with E-state index < -0.39 is 0 Å². The van der Waals surface area contributed by atoms with Gasteiger partial charge in [-0.2, -0.15) is 0 Å². The molecule has 92 valence electrons. The molecule has 2 rings (SSSR count). The Morgan fingerprint density at radius 3 is 2.76 bits per heavy atom. The van der Waals surface area contributed by atoms with Gasteiger partial charge in [0.1, 0.15) is 5.71 Å². The van der Waals surface area contributed by atoms with Crippen LogP contribution in [0.5, 0.6) is 0 Å². The van der Waals surface area contributed by atoms with E-state index in [-0.39, 0.29) is 0 Å². The Kier molecular flexibility index (Phi) is 4.15. The summed E-state index contributed by atoms with van der Waals surface area (Å²) in [5, 5.41) is 12.6. The maximum Gasteiger partial charge on any atom is 0.101 e. The van der Waals surface area contributed by atoms with Crippen LogP contribution in [-0.2, 0) is 0 Å². The molecule has 0 aromatic heterocycles. The first-order valence-electron chi connectivity index (χ1n) is 6.31. The van der Waals surface area contributed by atoms with Crippen molar-refractivity contribution in [3.05, 3.63) is 35.9 Å². The third kappa shape index (κ3) is 3.07.